The fraction of sp³-hybridized carbons (Fsp3) is 0.267. The zero-order valence-corrected chi connectivity index (χ0v) is 14.2. The summed E-state index contributed by atoms with van der Waals surface area (Å²) >= 11 is 0. The first kappa shape index (κ1) is 18.6. The number of amidine groups is 1. The van der Waals surface area contributed by atoms with Crippen LogP contribution in [0.15, 0.2) is 27.8 Å². The van der Waals surface area contributed by atoms with E-state index in [1.165, 1.54) is 18.2 Å². The lowest BCUT2D eigenvalue weighted by atomic mass is 10.2. The molecule has 0 aliphatic heterocycles. The summed E-state index contributed by atoms with van der Waals surface area (Å²) in [6.45, 7) is 0. The van der Waals surface area contributed by atoms with Gasteiger partial charge in [-0.1, -0.05) is 20.7 Å². The summed E-state index contributed by atoms with van der Waals surface area (Å²) in [5.74, 6) is 2.06. The summed E-state index contributed by atoms with van der Waals surface area (Å²) in [5, 5.41) is 16.8. The van der Waals surface area contributed by atoms with Gasteiger partial charge in [-0.25, -0.2) is 14.0 Å². The highest BCUT2D eigenvalue weighted by molar-refractivity contribution is 7.92. The lowest BCUT2D eigenvalue weighted by Crippen LogP contribution is -2.22. The van der Waals surface area contributed by atoms with E-state index in [0.717, 1.165) is 0 Å². The summed E-state index contributed by atoms with van der Waals surface area (Å²) < 4.78 is 33.4. The minimum absolute atomic E-state index is 0.0299. The van der Waals surface area contributed by atoms with Gasteiger partial charge in [0.25, 0.3) is 0 Å². The number of aromatic nitrogens is 2. The Bertz CT molecular complexity index is 930. The third-order valence-electron chi connectivity index (χ3n) is 3.20. The second kappa shape index (κ2) is 7.87. The molecule has 0 bridgehead atoms. The van der Waals surface area contributed by atoms with Crippen LogP contribution in [0.25, 0.3) is 0 Å². The highest BCUT2D eigenvalue weighted by Crippen LogP contribution is 2.18. The molecule has 0 unspecified atom stereocenters. The lowest BCUT2D eigenvalue weighted by molar-refractivity contribution is 0.234. The van der Waals surface area contributed by atoms with E-state index >= 15 is 0 Å². The fourth-order valence-corrected chi connectivity index (χ4v) is 2.75. The molecule has 0 radical (unpaired) electrons. The van der Waals surface area contributed by atoms with Crippen LogP contribution in [-0.4, -0.2) is 33.4 Å². The summed E-state index contributed by atoms with van der Waals surface area (Å²) in [4.78, 5) is 4.15. The molecular formula is C15H17FN6O2S. The van der Waals surface area contributed by atoms with Gasteiger partial charge in [0.1, 0.15) is 11.5 Å². The van der Waals surface area contributed by atoms with Gasteiger partial charge in [-0.15, -0.1) is 6.42 Å². The third-order valence-corrected chi connectivity index (χ3v) is 4.30. The van der Waals surface area contributed by atoms with E-state index in [0.29, 0.717) is 30.0 Å². The number of hydroxylamine groups is 1. The average Bonchev–Trinajstić information content (AvgIpc) is 3.01. The van der Waals surface area contributed by atoms with Crippen LogP contribution in [0.3, 0.4) is 0 Å². The summed E-state index contributed by atoms with van der Waals surface area (Å²) in [7, 11) is -2.10. The predicted octanol–water partition coefficient (Wildman–Crippen LogP) is 2.49. The van der Waals surface area contributed by atoms with Crippen molar-refractivity contribution in [3.8, 4) is 12.3 Å². The molecule has 0 spiro atoms. The summed E-state index contributed by atoms with van der Waals surface area (Å²) in [5.41, 5.74) is 2.91. The summed E-state index contributed by atoms with van der Waals surface area (Å²) in [6.07, 6.45) is 7.77. The second-order valence-electron chi connectivity index (χ2n) is 5.34. The number of halogens is 1. The molecule has 2 rings (SSSR count). The van der Waals surface area contributed by atoms with Crippen molar-refractivity contribution in [3.05, 3.63) is 41.0 Å². The van der Waals surface area contributed by atoms with Gasteiger partial charge >= 0.3 is 0 Å². The van der Waals surface area contributed by atoms with Crippen molar-refractivity contribution < 1.29 is 14.2 Å². The maximum absolute atomic E-state index is 13.4. The minimum Gasteiger partial charge on any atom is -0.290 e. The molecule has 0 fully saturated rings. The first-order chi connectivity index (χ1) is 11.8. The molecular weight excluding hydrogens is 347 g/mol. The van der Waals surface area contributed by atoms with Crippen molar-refractivity contribution >= 4 is 21.1 Å². The smallest absolute Gasteiger partial charge is 0.181 e. The molecule has 1 aromatic heterocycles. The SMILES string of the molecule is C#Cc1cc(N=C(NO)c2nonc2CCCS(C)(=N)=N)ccc1F. The number of benzene rings is 1. The van der Waals surface area contributed by atoms with Gasteiger partial charge in [0.2, 0.25) is 0 Å². The van der Waals surface area contributed by atoms with Crippen molar-refractivity contribution in [2.45, 2.75) is 12.8 Å². The Hall–Kier alpha value is -2.77. The van der Waals surface area contributed by atoms with Crippen molar-refractivity contribution in [2.24, 2.45) is 4.99 Å². The standard InChI is InChI=1S/C15H17FN6O2S/c1-3-10-9-11(6-7-12(10)16)19-15(20-23)14-13(21-24-22-14)5-4-8-25(2,17)18/h1,6-7,9,17-18,23H,4-5,8H2,2H3,(H,19,20). The van der Waals surface area contributed by atoms with Gasteiger partial charge in [0.05, 0.1) is 11.3 Å². The van der Waals surface area contributed by atoms with Crippen LogP contribution in [0.1, 0.15) is 23.4 Å². The van der Waals surface area contributed by atoms with Crippen LogP contribution < -0.4 is 5.48 Å². The van der Waals surface area contributed by atoms with E-state index in [1.807, 2.05) is 5.48 Å². The molecule has 1 aromatic carbocycles. The Labute approximate surface area is 144 Å². The Balaban J connectivity index is 2.27. The van der Waals surface area contributed by atoms with Gasteiger partial charge in [-0.2, -0.15) is 0 Å². The third kappa shape index (κ3) is 5.10. The minimum atomic E-state index is -2.10. The van der Waals surface area contributed by atoms with Crippen LogP contribution >= 0.6 is 0 Å². The zero-order valence-electron chi connectivity index (χ0n) is 13.4. The number of aliphatic imine (C=N–C) groups is 1. The maximum atomic E-state index is 13.4. The summed E-state index contributed by atoms with van der Waals surface area (Å²) in [6, 6.07) is 3.93. The quantitative estimate of drug-likeness (QED) is 0.271. The second-order valence-corrected chi connectivity index (χ2v) is 7.92. The van der Waals surface area contributed by atoms with Gasteiger partial charge in [-0.05, 0) is 36.2 Å². The number of terminal acetylenes is 1. The molecule has 0 saturated carbocycles. The largest absolute Gasteiger partial charge is 0.290 e. The molecule has 8 nitrogen and oxygen atoms in total. The molecule has 0 saturated heterocycles. The monoisotopic (exact) mass is 364 g/mol. The van der Waals surface area contributed by atoms with Crippen LogP contribution in [0.4, 0.5) is 10.1 Å². The Morgan fingerprint density at radius 2 is 2.24 bits per heavy atom. The highest BCUT2D eigenvalue weighted by Gasteiger charge is 2.16. The molecule has 0 aliphatic rings. The average molecular weight is 364 g/mol. The zero-order chi connectivity index (χ0) is 18.4. The fourth-order valence-electron chi connectivity index (χ4n) is 2.03. The van der Waals surface area contributed by atoms with E-state index in [4.69, 9.17) is 20.6 Å². The van der Waals surface area contributed by atoms with Gasteiger partial charge < -0.3 is 0 Å². The first-order valence-corrected chi connectivity index (χ1v) is 9.37. The van der Waals surface area contributed by atoms with Crippen molar-refractivity contribution in [3.63, 3.8) is 0 Å². The van der Waals surface area contributed by atoms with Crippen LogP contribution in [0, 0.1) is 27.7 Å². The molecule has 0 atom stereocenters. The van der Waals surface area contributed by atoms with Crippen LogP contribution in [0.2, 0.25) is 0 Å². The van der Waals surface area contributed by atoms with E-state index < -0.39 is 15.4 Å². The highest BCUT2D eigenvalue weighted by atomic mass is 32.2. The van der Waals surface area contributed by atoms with E-state index in [-0.39, 0.29) is 17.1 Å². The number of rotatable bonds is 6. The van der Waals surface area contributed by atoms with Crippen molar-refractivity contribution in [1.82, 2.24) is 15.8 Å². The van der Waals surface area contributed by atoms with Gasteiger partial charge in [-0.3, -0.25) is 20.2 Å². The Kier molecular flexibility index (Phi) is 5.84. The maximum Gasteiger partial charge on any atom is 0.181 e. The molecule has 25 heavy (non-hydrogen) atoms. The molecule has 2 aromatic rings. The predicted molar refractivity (Wildman–Crippen MR) is 91.7 cm³/mol. The normalized spacial score (nSPS) is 12.0. The number of aryl methyl sites for hydroxylation is 1. The Morgan fingerprint density at radius 1 is 1.48 bits per heavy atom. The van der Waals surface area contributed by atoms with E-state index in [2.05, 4.69) is 21.2 Å². The molecule has 132 valence electrons. The van der Waals surface area contributed by atoms with E-state index in [9.17, 15) is 9.60 Å². The lowest BCUT2D eigenvalue weighted by Gasteiger charge is -2.05. The number of nitrogens with one attached hydrogen (secondary N) is 3. The van der Waals surface area contributed by atoms with Crippen molar-refractivity contribution in [2.75, 3.05) is 12.0 Å². The number of hydrogen-bond donors (Lipinski definition) is 4. The van der Waals surface area contributed by atoms with Gasteiger partial charge in [0.15, 0.2) is 11.5 Å². The number of hydrogen-bond acceptors (Lipinski definition) is 7. The van der Waals surface area contributed by atoms with Crippen LogP contribution in [0.5, 0.6) is 0 Å². The molecule has 0 amide bonds. The molecule has 1 heterocycles. The van der Waals surface area contributed by atoms with E-state index in [1.54, 1.807) is 6.26 Å². The Morgan fingerprint density at radius 3 is 2.88 bits per heavy atom. The molecule has 0 aliphatic carbocycles. The number of nitrogens with zero attached hydrogens (tertiary/aromatic N) is 3. The van der Waals surface area contributed by atoms with Crippen LogP contribution in [-0.2, 0) is 16.0 Å². The molecule has 10 heteroatoms. The molecule has 4 N–H and O–H groups in total. The van der Waals surface area contributed by atoms with Gasteiger partial charge in [0, 0.05) is 12.0 Å². The van der Waals surface area contributed by atoms with Crippen molar-refractivity contribution in [1.29, 1.82) is 9.56 Å². The topological polar surface area (TPSA) is 131 Å². The first-order valence-electron chi connectivity index (χ1n) is 7.16.